The van der Waals surface area contributed by atoms with Crippen LogP contribution < -0.4 is 0 Å². The first-order valence-corrected chi connectivity index (χ1v) is 10.3. The van der Waals surface area contributed by atoms with Gasteiger partial charge in [-0.15, -0.1) is 0 Å². The quantitative estimate of drug-likeness (QED) is 0.342. The van der Waals surface area contributed by atoms with Crippen molar-refractivity contribution in [3.63, 3.8) is 0 Å². The van der Waals surface area contributed by atoms with Gasteiger partial charge in [0.1, 0.15) is 0 Å². The van der Waals surface area contributed by atoms with Crippen molar-refractivity contribution in [1.29, 1.82) is 0 Å². The van der Waals surface area contributed by atoms with E-state index in [9.17, 15) is 4.79 Å². The molecule has 1 aliphatic rings. The summed E-state index contributed by atoms with van der Waals surface area (Å²) >= 11 is 0. The van der Waals surface area contributed by atoms with E-state index in [0.717, 1.165) is 28.2 Å². The van der Waals surface area contributed by atoms with Gasteiger partial charge < -0.3 is 0 Å². The average molecular weight is 367 g/mol. The van der Waals surface area contributed by atoms with Crippen molar-refractivity contribution in [2.24, 2.45) is 0 Å². The van der Waals surface area contributed by atoms with Gasteiger partial charge in [-0.2, -0.15) is 0 Å². The van der Waals surface area contributed by atoms with Gasteiger partial charge in [0.05, 0.1) is 0 Å². The monoisotopic (exact) mass is 366 g/mol. The van der Waals surface area contributed by atoms with Gasteiger partial charge in [0.25, 0.3) is 0 Å². The molecule has 0 aromatic heterocycles. The normalized spacial score (nSPS) is 15.0. The summed E-state index contributed by atoms with van der Waals surface area (Å²) in [5.74, 6) is 0.757. The second-order valence-electron chi connectivity index (χ2n) is 7.64. The van der Waals surface area contributed by atoms with Crippen LogP contribution in [0.2, 0.25) is 0 Å². The molecule has 0 spiro atoms. The number of allylic oxidation sites excluding steroid dienone is 1. The molecule has 0 heterocycles. The Morgan fingerprint density at radius 1 is 0.714 bits per heavy atom. The van der Waals surface area contributed by atoms with Crippen LogP contribution in [0.5, 0.6) is 0 Å². The Labute approximate surface area is 167 Å². The van der Waals surface area contributed by atoms with Crippen LogP contribution in [-0.2, 0) is 0 Å². The van der Waals surface area contributed by atoms with E-state index in [4.69, 9.17) is 0 Å². The summed E-state index contributed by atoms with van der Waals surface area (Å²) in [6.45, 7) is 0. The summed E-state index contributed by atoms with van der Waals surface area (Å²) in [5, 5.41) is 0. The third-order valence-corrected chi connectivity index (χ3v) is 5.72. The van der Waals surface area contributed by atoms with Crippen LogP contribution >= 0.6 is 0 Å². The molecule has 1 saturated carbocycles. The lowest BCUT2D eigenvalue weighted by Crippen LogP contribution is -2.04. The fourth-order valence-electron chi connectivity index (χ4n) is 4.04. The van der Waals surface area contributed by atoms with Gasteiger partial charge in [0, 0.05) is 5.56 Å². The first-order valence-electron chi connectivity index (χ1n) is 10.3. The lowest BCUT2D eigenvalue weighted by Gasteiger charge is -2.21. The van der Waals surface area contributed by atoms with Crippen LogP contribution in [-0.4, -0.2) is 5.78 Å². The van der Waals surface area contributed by atoms with E-state index >= 15 is 0 Å². The van der Waals surface area contributed by atoms with E-state index in [1.54, 1.807) is 6.08 Å². The molecule has 0 saturated heterocycles. The van der Waals surface area contributed by atoms with E-state index in [2.05, 4.69) is 36.4 Å². The molecule has 3 aromatic rings. The Balaban J connectivity index is 1.41. The summed E-state index contributed by atoms with van der Waals surface area (Å²) in [4.78, 5) is 12.5. The summed E-state index contributed by atoms with van der Waals surface area (Å²) in [7, 11) is 0. The molecule has 28 heavy (non-hydrogen) atoms. The second-order valence-corrected chi connectivity index (χ2v) is 7.64. The molecule has 0 atom stereocenters. The number of rotatable bonds is 5. The van der Waals surface area contributed by atoms with E-state index in [0.29, 0.717) is 0 Å². The number of benzene rings is 3. The van der Waals surface area contributed by atoms with E-state index < -0.39 is 0 Å². The highest BCUT2D eigenvalue weighted by Crippen LogP contribution is 2.32. The molecule has 0 unspecified atom stereocenters. The number of hydrogen-bond donors (Lipinski definition) is 0. The molecule has 0 N–H and O–H groups in total. The Kier molecular flexibility index (Phi) is 5.82. The molecule has 4 rings (SSSR count). The Morgan fingerprint density at radius 3 is 2.04 bits per heavy atom. The zero-order valence-electron chi connectivity index (χ0n) is 16.2. The summed E-state index contributed by atoms with van der Waals surface area (Å²) in [6, 6.07) is 26.8. The van der Waals surface area contributed by atoms with Gasteiger partial charge in [0.2, 0.25) is 0 Å². The number of carbonyl (C=O) groups is 1. The van der Waals surface area contributed by atoms with Crippen molar-refractivity contribution in [3.8, 4) is 11.1 Å². The van der Waals surface area contributed by atoms with Gasteiger partial charge >= 0.3 is 0 Å². The van der Waals surface area contributed by atoms with Crippen LogP contribution in [0.4, 0.5) is 0 Å². The first kappa shape index (κ1) is 18.4. The largest absolute Gasteiger partial charge is 0.289 e. The SMILES string of the molecule is O=C(C=Cc1ccc(C2CCCCC2)cc1)c1ccc(-c2ccccc2)cc1. The number of hydrogen-bond acceptors (Lipinski definition) is 1. The zero-order chi connectivity index (χ0) is 19.2. The van der Waals surface area contributed by atoms with Crippen LogP contribution in [0.3, 0.4) is 0 Å². The molecule has 0 bridgehead atoms. The van der Waals surface area contributed by atoms with Crippen molar-refractivity contribution in [1.82, 2.24) is 0 Å². The number of ketones is 1. The fraction of sp³-hybridized carbons (Fsp3) is 0.222. The van der Waals surface area contributed by atoms with Gasteiger partial charge in [-0.05, 0) is 47.1 Å². The lowest BCUT2D eigenvalue weighted by molar-refractivity contribution is 0.104. The van der Waals surface area contributed by atoms with E-state index in [1.165, 1.54) is 37.7 Å². The summed E-state index contributed by atoms with van der Waals surface area (Å²) in [5.41, 5.74) is 5.53. The number of carbonyl (C=O) groups excluding carboxylic acids is 1. The van der Waals surface area contributed by atoms with Crippen LogP contribution in [0.25, 0.3) is 17.2 Å². The van der Waals surface area contributed by atoms with E-state index in [1.807, 2.05) is 48.5 Å². The zero-order valence-corrected chi connectivity index (χ0v) is 16.2. The molecular weight excluding hydrogens is 340 g/mol. The predicted molar refractivity (Wildman–Crippen MR) is 118 cm³/mol. The minimum absolute atomic E-state index is 0.0379. The third-order valence-electron chi connectivity index (χ3n) is 5.72. The molecule has 0 aliphatic heterocycles. The van der Waals surface area contributed by atoms with Crippen molar-refractivity contribution in [2.45, 2.75) is 38.0 Å². The molecule has 3 aromatic carbocycles. The van der Waals surface area contributed by atoms with Crippen molar-refractivity contribution >= 4 is 11.9 Å². The van der Waals surface area contributed by atoms with Gasteiger partial charge in [-0.3, -0.25) is 4.79 Å². The van der Waals surface area contributed by atoms with Crippen molar-refractivity contribution in [3.05, 3.63) is 102 Å². The fourth-order valence-corrected chi connectivity index (χ4v) is 4.04. The van der Waals surface area contributed by atoms with Crippen molar-refractivity contribution in [2.75, 3.05) is 0 Å². The van der Waals surface area contributed by atoms with E-state index in [-0.39, 0.29) is 5.78 Å². The topological polar surface area (TPSA) is 17.1 Å². The highest BCUT2D eigenvalue weighted by atomic mass is 16.1. The van der Waals surface area contributed by atoms with Gasteiger partial charge in [-0.25, -0.2) is 0 Å². The highest BCUT2D eigenvalue weighted by Gasteiger charge is 2.14. The predicted octanol–water partition coefficient (Wildman–Crippen LogP) is 7.30. The smallest absolute Gasteiger partial charge is 0.185 e. The molecule has 140 valence electrons. The molecule has 1 aliphatic carbocycles. The summed E-state index contributed by atoms with van der Waals surface area (Å²) in [6.07, 6.45) is 10.3. The summed E-state index contributed by atoms with van der Waals surface area (Å²) < 4.78 is 0. The highest BCUT2D eigenvalue weighted by molar-refractivity contribution is 6.07. The average Bonchev–Trinajstić information content (AvgIpc) is 2.79. The first-order chi connectivity index (χ1) is 13.8. The van der Waals surface area contributed by atoms with Crippen LogP contribution in [0.15, 0.2) is 84.9 Å². The standard InChI is InChI=1S/C27H26O/c28-27(26-18-16-25(17-19-26)23-9-5-2-6-10-23)20-13-21-11-14-24(15-12-21)22-7-3-1-4-8-22/h2,5-6,9-20,22H,1,3-4,7-8H2. The molecule has 1 fully saturated rings. The minimum atomic E-state index is 0.0379. The lowest BCUT2D eigenvalue weighted by atomic mass is 9.84. The molecular formula is C27H26O. The molecule has 0 radical (unpaired) electrons. The maximum atomic E-state index is 12.5. The van der Waals surface area contributed by atoms with Crippen molar-refractivity contribution < 1.29 is 4.79 Å². The minimum Gasteiger partial charge on any atom is -0.289 e. The molecule has 1 heteroatoms. The Hall–Kier alpha value is -2.93. The van der Waals surface area contributed by atoms with Crippen LogP contribution in [0.1, 0.15) is 59.5 Å². The Bertz CT molecular complexity index is 928. The van der Waals surface area contributed by atoms with Gasteiger partial charge in [0.15, 0.2) is 5.78 Å². The second kappa shape index (κ2) is 8.84. The third kappa shape index (κ3) is 4.48. The Morgan fingerprint density at radius 2 is 1.36 bits per heavy atom. The maximum absolute atomic E-state index is 12.5. The van der Waals surface area contributed by atoms with Crippen LogP contribution in [0, 0.1) is 0 Å². The van der Waals surface area contributed by atoms with Gasteiger partial charge in [-0.1, -0.05) is 104 Å². The molecule has 0 amide bonds. The maximum Gasteiger partial charge on any atom is 0.185 e. The molecule has 1 nitrogen and oxygen atoms in total.